The molecule has 0 aliphatic rings. The van der Waals surface area contributed by atoms with Gasteiger partial charge in [0, 0.05) is 6.20 Å². The van der Waals surface area contributed by atoms with Gasteiger partial charge in [-0.15, -0.1) is 0 Å². The van der Waals surface area contributed by atoms with Crippen LogP contribution in [0.2, 0.25) is 5.02 Å². The molecular weight excluding hydrogens is 314 g/mol. The first kappa shape index (κ1) is 15.6. The monoisotopic (exact) mass is 327 g/mol. The molecule has 2 rings (SSSR count). The van der Waals surface area contributed by atoms with Crippen molar-refractivity contribution in [1.29, 1.82) is 0 Å². The van der Waals surface area contributed by atoms with Crippen LogP contribution in [0.5, 0.6) is 0 Å². The molecule has 21 heavy (non-hydrogen) atoms. The van der Waals surface area contributed by atoms with Crippen LogP contribution in [0.1, 0.15) is 29.0 Å². The van der Waals surface area contributed by atoms with Gasteiger partial charge in [0.2, 0.25) is 10.0 Å². The van der Waals surface area contributed by atoms with Gasteiger partial charge in [-0.3, -0.25) is 4.79 Å². The fraction of sp³-hybridized carbons (Fsp3) is 0.154. The first-order valence-corrected chi connectivity index (χ1v) is 7.97. The first-order valence-electron chi connectivity index (χ1n) is 6.05. The fourth-order valence-electron chi connectivity index (χ4n) is 1.80. The molecule has 1 aromatic heterocycles. The molecule has 0 fully saturated rings. The Morgan fingerprint density at radius 2 is 1.95 bits per heavy atom. The molecule has 1 atom stereocenters. The van der Waals surface area contributed by atoms with E-state index in [1.54, 1.807) is 19.1 Å². The number of rotatable bonds is 4. The molecule has 8 heteroatoms. The zero-order valence-electron chi connectivity index (χ0n) is 11.1. The van der Waals surface area contributed by atoms with E-state index in [9.17, 15) is 13.2 Å². The Balaban J connectivity index is 2.10. The standard InChI is InChI=1S/C13H14ClN3O3S/c1-8(17-13(18)12-6-10(14)7-16-12)9-2-4-11(5-3-9)21(15,19)20/h2-8,16H,1H3,(H,17,18)(H2,15,19,20). The smallest absolute Gasteiger partial charge is 0.268 e. The van der Waals surface area contributed by atoms with Crippen LogP contribution in [0.3, 0.4) is 0 Å². The highest BCUT2D eigenvalue weighted by atomic mass is 35.5. The molecular formula is C13H14ClN3O3S. The van der Waals surface area contributed by atoms with Crippen LogP contribution in [-0.2, 0) is 10.0 Å². The summed E-state index contributed by atoms with van der Waals surface area (Å²) in [7, 11) is -3.72. The Morgan fingerprint density at radius 1 is 1.33 bits per heavy atom. The van der Waals surface area contributed by atoms with Crippen molar-refractivity contribution in [3.05, 3.63) is 52.8 Å². The maximum atomic E-state index is 12.0. The van der Waals surface area contributed by atoms with Gasteiger partial charge in [0.15, 0.2) is 0 Å². The van der Waals surface area contributed by atoms with Gasteiger partial charge < -0.3 is 10.3 Å². The lowest BCUT2D eigenvalue weighted by Gasteiger charge is -2.14. The van der Waals surface area contributed by atoms with Crippen molar-refractivity contribution in [2.24, 2.45) is 5.14 Å². The quantitative estimate of drug-likeness (QED) is 0.797. The van der Waals surface area contributed by atoms with Crippen molar-refractivity contribution in [1.82, 2.24) is 10.3 Å². The maximum absolute atomic E-state index is 12.0. The number of nitrogens with one attached hydrogen (secondary N) is 2. The predicted octanol–water partition coefficient (Wildman–Crippen LogP) is 1.81. The minimum atomic E-state index is -3.72. The van der Waals surface area contributed by atoms with Gasteiger partial charge in [-0.1, -0.05) is 23.7 Å². The fourth-order valence-corrected chi connectivity index (χ4v) is 2.48. The lowest BCUT2D eigenvalue weighted by atomic mass is 10.1. The van der Waals surface area contributed by atoms with Crippen LogP contribution in [0.4, 0.5) is 0 Å². The average molecular weight is 328 g/mol. The number of amides is 1. The number of halogens is 1. The van der Waals surface area contributed by atoms with Gasteiger partial charge in [-0.25, -0.2) is 13.6 Å². The molecule has 0 aliphatic heterocycles. The van der Waals surface area contributed by atoms with Crippen LogP contribution < -0.4 is 10.5 Å². The van der Waals surface area contributed by atoms with E-state index in [0.717, 1.165) is 5.56 Å². The molecule has 0 saturated carbocycles. The summed E-state index contributed by atoms with van der Waals surface area (Å²) in [5, 5.41) is 8.25. The third-order valence-electron chi connectivity index (χ3n) is 2.95. The van der Waals surface area contributed by atoms with Crippen LogP contribution >= 0.6 is 11.6 Å². The zero-order valence-corrected chi connectivity index (χ0v) is 12.7. The number of aromatic nitrogens is 1. The minimum Gasteiger partial charge on any atom is -0.356 e. The Hall–Kier alpha value is -1.83. The summed E-state index contributed by atoms with van der Waals surface area (Å²) in [6, 6.07) is 7.23. The summed E-state index contributed by atoms with van der Waals surface area (Å²) < 4.78 is 22.3. The predicted molar refractivity (Wildman–Crippen MR) is 79.5 cm³/mol. The molecule has 4 N–H and O–H groups in total. The van der Waals surface area contributed by atoms with Crippen molar-refractivity contribution < 1.29 is 13.2 Å². The Bertz CT molecular complexity index is 753. The van der Waals surface area contributed by atoms with E-state index in [0.29, 0.717) is 10.7 Å². The molecule has 0 saturated heterocycles. The Morgan fingerprint density at radius 3 is 2.43 bits per heavy atom. The number of nitrogens with two attached hydrogens (primary N) is 1. The van der Waals surface area contributed by atoms with Gasteiger partial charge in [-0.05, 0) is 30.7 Å². The number of H-pyrrole nitrogens is 1. The largest absolute Gasteiger partial charge is 0.356 e. The van der Waals surface area contributed by atoms with Gasteiger partial charge in [-0.2, -0.15) is 0 Å². The van der Waals surface area contributed by atoms with E-state index in [-0.39, 0.29) is 16.8 Å². The molecule has 112 valence electrons. The molecule has 2 aromatic rings. The van der Waals surface area contributed by atoms with Crippen molar-refractivity contribution in [2.75, 3.05) is 0 Å². The lowest BCUT2D eigenvalue weighted by Crippen LogP contribution is -2.26. The lowest BCUT2D eigenvalue weighted by molar-refractivity contribution is 0.0935. The number of aromatic amines is 1. The number of hydrogen-bond acceptors (Lipinski definition) is 3. The topological polar surface area (TPSA) is 105 Å². The van der Waals surface area contributed by atoms with Crippen molar-refractivity contribution in [2.45, 2.75) is 17.9 Å². The molecule has 0 bridgehead atoms. The number of sulfonamides is 1. The highest BCUT2D eigenvalue weighted by Crippen LogP contribution is 2.16. The summed E-state index contributed by atoms with van der Waals surface area (Å²) in [5.41, 5.74) is 1.11. The summed E-state index contributed by atoms with van der Waals surface area (Å²) in [5.74, 6) is -0.301. The average Bonchev–Trinajstić information content (AvgIpc) is 2.84. The molecule has 0 aliphatic carbocycles. The van der Waals surface area contributed by atoms with Gasteiger partial charge in [0.1, 0.15) is 5.69 Å². The van der Waals surface area contributed by atoms with Crippen LogP contribution in [-0.4, -0.2) is 19.3 Å². The number of hydrogen-bond donors (Lipinski definition) is 3. The first-order chi connectivity index (χ1) is 9.77. The highest BCUT2D eigenvalue weighted by molar-refractivity contribution is 7.89. The number of carbonyl (C=O) groups is 1. The molecule has 1 unspecified atom stereocenters. The van der Waals surface area contributed by atoms with Crippen molar-refractivity contribution >= 4 is 27.5 Å². The zero-order chi connectivity index (χ0) is 15.6. The second-order valence-electron chi connectivity index (χ2n) is 4.54. The molecule has 1 amide bonds. The van der Waals surface area contributed by atoms with Crippen molar-refractivity contribution in [3.63, 3.8) is 0 Å². The van der Waals surface area contributed by atoms with E-state index in [4.69, 9.17) is 16.7 Å². The van der Waals surface area contributed by atoms with Crippen LogP contribution in [0.25, 0.3) is 0 Å². The normalized spacial score (nSPS) is 12.9. The van der Waals surface area contributed by atoms with E-state index in [1.807, 2.05) is 0 Å². The Kier molecular flexibility index (Phi) is 4.36. The van der Waals surface area contributed by atoms with E-state index < -0.39 is 10.0 Å². The van der Waals surface area contributed by atoms with E-state index in [1.165, 1.54) is 24.4 Å². The number of primary sulfonamides is 1. The summed E-state index contributed by atoms with van der Waals surface area (Å²) in [4.78, 5) is 14.7. The summed E-state index contributed by atoms with van der Waals surface area (Å²) in [6.45, 7) is 1.79. The maximum Gasteiger partial charge on any atom is 0.268 e. The van der Waals surface area contributed by atoms with E-state index in [2.05, 4.69) is 10.3 Å². The number of carbonyl (C=O) groups excluding carboxylic acids is 1. The van der Waals surface area contributed by atoms with Crippen LogP contribution in [0.15, 0.2) is 41.4 Å². The van der Waals surface area contributed by atoms with E-state index >= 15 is 0 Å². The molecule has 1 heterocycles. The molecule has 1 aromatic carbocycles. The SMILES string of the molecule is CC(NC(=O)c1cc(Cl)c[nH]1)c1ccc(S(N)(=O)=O)cc1. The molecule has 6 nitrogen and oxygen atoms in total. The van der Waals surface area contributed by atoms with Gasteiger partial charge in [0.25, 0.3) is 5.91 Å². The van der Waals surface area contributed by atoms with Gasteiger partial charge >= 0.3 is 0 Å². The molecule has 0 radical (unpaired) electrons. The third-order valence-corrected chi connectivity index (χ3v) is 4.10. The summed E-state index contributed by atoms with van der Waals surface area (Å²) in [6.07, 6.45) is 1.52. The van der Waals surface area contributed by atoms with Crippen molar-refractivity contribution in [3.8, 4) is 0 Å². The molecule has 0 spiro atoms. The minimum absolute atomic E-state index is 0.0286. The third kappa shape index (κ3) is 3.84. The number of benzene rings is 1. The second-order valence-corrected chi connectivity index (χ2v) is 6.54. The highest BCUT2D eigenvalue weighted by Gasteiger charge is 2.14. The second kappa shape index (κ2) is 5.88. The Labute approximate surface area is 127 Å². The van der Waals surface area contributed by atoms with Gasteiger partial charge in [0.05, 0.1) is 16.0 Å². The van der Waals surface area contributed by atoms with Crippen LogP contribution in [0, 0.1) is 0 Å². The summed E-state index contributed by atoms with van der Waals surface area (Å²) >= 11 is 5.74.